The molecule has 1 aliphatic heterocycles. The summed E-state index contributed by atoms with van der Waals surface area (Å²) in [4.78, 5) is 11.8. The van der Waals surface area contributed by atoms with Gasteiger partial charge in [-0.1, -0.05) is 32.4 Å². The molecule has 1 saturated heterocycles. The fourth-order valence-electron chi connectivity index (χ4n) is 4.54. The normalized spacial score (nSPS) is 51.2. The zero-order valence-electron chi connectivity index (χ0n) is 11.3. The van der Waals surface area contributed by atoms with Crippen molar-refractivity contribution in [1.29, 1.82) is 0 Å². The quantitative estimate of drug-likeness (QED) is 0.530. The van der Waals surface area contributed by atoms with Gasteiger partial charge in [0.1, 0.15) is 6.10 Å². The van der Waals surface area contributed by atoms with E-state index < -0.39 is 0 Å². The molecule has 2 aliphatic carbocycles. The zero-order valence-corrected chi connectivity index (χ0v) is 11.3. The molecule has 18 heavy (non-hydrogen) atoms. The van der Waals surface area contributed by atoms with Gasteiger partial charge >= 0.3 is 5.97 Å². The van der Waals surface area contributed by atoms with Crippen molar-refractivity contribution >= 4 is 5.97 Å². The van der Waals surface area contributed by atoms with Crippen LogP contribution in [0.25, 0.3) is 0 Å². The zero-order chi connectivity index (χ0) is 13.1. The number of carbonyl (C=O) groups excluding carboxylic acids is 1. The number of ether oxygens (including phenoxy) is 1. The van der Waals surface area contributed by atoms with Crippen molar-refractivity contribution in [2.24, 2.45) is 23.2 Å². The fourth-order valence-corrected chi connectivity index (χ4v) is 4.54. The lowest BCUT2D eigenvalue weighted by Gasteiger charge is -2.51. The Hall–Kier alpha value is -0.830. The average Bonchev–Trinajstić information content (AvgIpc) is 2.58. The van der Waals surface area contributed by atoms with E-state index in [0.29, 0.717) is 5.92 Å². The van der Waals surface area contributed by atoms with Crippen molar-refractivity contribution in [2.45, 2.75) is 52.2 Å². The molecule has 100 valence electrons. The second-order valence-electron chi connectivity index (χ2n) is 6.51. The molecule has 0 radical (unpaired) electrons. The minimum absolute atomic E-state index is 0.0126. The largest absolute Gasteiger partial charge is 0.462 e. The summed E-state index contributed by atoms with van der Waals surface area (Å²) in [5, 5.41) is 9.92. The molecule has 1 saturated carbocycles. The van der Waals surface area contributed by atoms with Crippen molar-refractivity contribution < 1.29 is 14.6 Å². The first-order valence-electron chi connectivity index (χ1n) is 7.04. The molecule has 1 unspecified atom stereocenters. The summed E-state index contributed by atoms with van der Waals surface area (Å²) >= 11 is 0. The van der Waals surface area contributed by atoms with E-state index >= 15 is 0 Å². The molecular weight excluding hydrogens is 228 g/mol. The van der Waals surface area contributed by atoms with E-state index in [0.717, 1.165) is 19.3 Å². The number of esters is 1. The van der Waals surface area contributed by atoms with Crippen LogP contribution in [0.2, 0.25) is 0 Å². The van der Waals surface area contributed by atoms with Gasteiger partial charge in [-0.3, -0.25) is 4.79 Å². The first-order chi connectivity index (χ1) is 8.44. The molecular formula is C15H22O3. The van der Waals surface area contributed by atoms with E-state index in [1.165, 1.54) is 5.57 Å². The highest BCUT2D eigenvalue weighted by molar-refractivity contribution is 5.75. The molecule has 0 aromatic rings. The number of hydrogen-bond acceptors (Lipinski definition) is 3. The van der Waals surface area contributed by atoms with Crippen molar-refractivity contribution in [3.8, 4) is 0 Å². The molecule has 3 rings (SSSR count). The van der Waals surface area contributed by atoms with Crippen LogP contribution in [0.3, 0.4) is 0 Å². The summed E-state index contributed by atoms with van der Waals surface area (Å²) in [6.07, 6.45) is 4.48. The maximum atomic E-state index is 11.8. The predicted octanol–water partition coefficient (Wildman–Crippen LogP) is 2.29. The van der Waals surface area contributed by atoms with Crippen LogP contribution in [0, 0.1) is 23.2 Å². The van der Waals surface area contributed by atoms with Gasteiger partial charge in [0, 0.05) is 5.92 Å². The van der Waals surface area contributed by atoms with Crippen molar-refractivity contribution in [2.75, 3.05) is 0 Å². The van der Waals surface area contributed by atoms with Crippen LogP contribution in [-0.4, -0.2) is 23.3 Å². The summed E-state index contributed by atoms with van der Waals surface area (Å²) in [6, 6.07) is 0. The number of hydrogen-bond donors (Lipinski definition) is 1. The molecule has 3 heteroatoms. The Morgan fingerprint density at radius 3 is 2.89 bits per heavy atom. The van der Waals surface area contributed by atoms with E-state index in [1.54, 1.807) is 0 Å². The Kier molecular flexibility index (Phi) is 2.60. The molecule has 0 aromatic carbocycles. The highest BCUT2D eigenvalue weighted by atomic mass is 16.6. The van der Waals surface area contributed by atoms with Crippen LogP contribution in [0.4, 0.5) is 0 Å². The van der Waals surface area contributed by atoms with Gasteiger partial charge in [0.2, 0.25) is 0 Å². The predicted molar refractivity (Wildman–Crippen MR) is 67.7 cm³/mol. The molecule has 3 aliphatic rings. The lowest BCUT2D eigenvalue weighted by atomic mass is 9.52. The third-order valence-electron chi connectivity index (χ3n) is 5.67. The number of allylic oxidation sites excluding steroid dienone is 1. The second-order valence-corrected chi connectivity index (χ2v) is 6.51. The lowest BCUT2D eigenvalue weighted by Crippen LogP contribution is -2.48. The maximum Gasteiger partial charge on any atom is 0.309 e. The van der Waals surface area contributed by atoms with Gasteiger partial charge in [0.25, 0.3) is 0 Å². The van der Waals surface area contributed by atoms with E-state index in [-0.39, 0.29) is 35.4 Å². The second kappa shape index (κ2) is 3.83. The number of carbonyl (C=O) groups is 1. The summed E-state index contributed by atoms with van der Waals surface area (Å²) in [7, 11) is 0. The average molecular weight is 250 g/mol. The van der Waals surface area contributed by atoms with Gasteiger partial charge in [0.05, 0.1) is 12.0 Å². The SMILES string of the molecule is C[C@@H]1C(=O)OC2CCC3=C[C@H](O)C[C@H](C)[C@@]3(C)[C@H]21. The Morgan fingerprint density at radius 1 is 1.44 bits per heavy atom. The highest BCUT2D eigenvalue weighted by Gasteiger charge is 2.58. The number of aliphatic hydroxyl groups is 1. The molecule has 0 aromatic heterocycles. The summed E-state index contributed by atoms with van der Waals surface area (Å²) in [5.41, 5.74) is 1.37. The number of rotatable bonds is 0. The van der Waals surface area contributed by atoms with Crippen LogP contribution in [0.1, 0.15) is 40.0 Å². The summed E-state index contributed by atoms with van der Waals surface area (Å²) in [6.45, 7) is 6.47. The summed E-state index contributed by atoms with van der Waals surface area (Å²) in [5.74, 6) is 0.636. The Bertz CT molecular complexity index is 414. The van der Waals surface area contributed by atoms with E-state index in [2.05, 4.69) is 13.8 Å². The monoisotopic (exact) mass is 250 g/mol. The summed E-state index contributed by atoms with van der Waals surface area (Å²) < 4.78 is 5.54. The molecule has 2 fully saturated rings. The van der Waals surface area contributed by atoms with Crippen LogP contribution in [0.5, 0.6) is 0 Å². The Labute approximate surface area is 108 Å². The van der Waals surface area contributed by atoms with Gasteiger partial charge < -0.3 is 9.84 Å². The standard InChI is InChI=1S/C15H22O3/c1-8-6-11(16)7-10-4-5-12-13(15(8,10)3)9(2)14(17)18-12/h7-9,11-13,16H,4-6H2,1-3H3/t8-,9-,11+,12?,13-,15+/m0/s1. The first kappa shape index (κ1) is 12.2. The lowest BCUT2D eigenvalue weighted by molar-refractivity contribution is -0.144. The molecule has 0 spiro atoms. The third kappa shape index (κ3) is 1.43. The molecule has 3 nitrogen and oxygen atoms in total. The van der Waals surface area contributed by atoms with Crippen LogP contribution in [-0.2, 0) is 9.53 Å². The molecule has 0 amide bonds. The minimum atomic E-state index is -0.312. The van der Waals surface area contributed by atoms with E-state index in [4.69, 9.17) is 4.74 Å². The molecule has 0 bridgehead atoms. The van der Waals surface area contributed by atoms with E-state index in [1.807, 2.05) is 13.0 Å². The van der Waals surface area contributed by atoms with E-state index in [9.17, 15) is 9.90 Å². The topological polar surface area (TPSA) is 46.5 Å². The fraction of sp³-hybridized carbons (Fsp3) is 0.800. The minimum Gasteiger partial charge on any atom is -0.462 e. The number of aliphatic hydroxyl groups excluding tert-OH is 1. The van der Waals surface area contributed by atoms with Crippen molar-refractivity contribution in [3.05, 3.63) is 11.6 Å². The van der Waals surface area contributed by atoms with Gasteiger partial charge in [-0.25, -0.2) is 0 Å². The van der Waals surface area contributed by atoms with Gasteiger partial charge in [-0.2, -0.15) is 0 Å². The van der Waals surface area contributed by atoms with Crippen LogP contribution in [0.15, 0.2) is 11.6 Å². The van der Waals surface area contributed by atoms with Crippen LogP contribution >= 0.6 is 0 Å². The molecule has 1 heterocycles. The molecule has 1 N–H and O–H groups in total. The Morgan fingerprint density at radius 2 is 2.17 bits per heavy atom. The van der Waals surface area contributed by atoms with Gasteiger partial charge in [0.15, 0.2) is 0 Å². The van der Waals surface area contributed by atoms with Crippen molar-refractivity contribution in [1.82, 2.24) is 0 Å². The smallest absolute Gasteiger partial charge is 0.309 e. The van der Waals surface area contributed by atoms with Gasteiger partial charge in [-0.15, -0.1) is 0 Å². The van der Waals surface area contributed by atoms with Crippen molar-refractivity contribution in [3.63, 3.8) is 0 Å². The number of fused-ring (bicyclic) bond motifs is 3. The van der Waals surface area contributed by atoms with Gasteiger partial charge in [-0.05, 0) is 30.6 Å². The third-order valence-corrected chi connectivity index (χ3v) is 5.67. The highest BCUT2D eigenvalue weighted by Crippen LogP contribution is 2.58. The Balaban J connectivity index is 2.05. The maximum absolute atomic E-state index is 11.8. The molecule has 6 atom stereocenters. The first-order valence-corrected chi connectivity index (χ1v) is 7.04. The van der Waals surface area contributed by atoms with Crippen LogP contribution < -0.4 is 0 Å².